The van der Waals surface area contributed by atoms with Gasteiger partial charge in [0.15, 0.2) is 0 Å². The summed E-state index contributed by atoms with van der Waals surface area (Å²) in [6, 6.07) is 7.84. The average Bonchev–Trinajstić information content (AvgIpc) is 2.40. The number of amides is 1. The molecule has 0 radical (unpaired) electrons. The van der Waals surface area contributed by atoms with Gasteiger partial charge >= 0.3 is 5.97 Å². The van der Waals surface area contributed by atoms with Crippen molar-refractivity contribution >= 4 is 11.9 Å². The predicted molar refractivity (Wildman–Crippen MR) is 73.8 cm³/mol. The van der Waals surface area contributed by atoms with Crippen LogP contribution in [0.15, 0.2) is 24.3 Å². The van der Waals surface area contributed by atoms with Gasteiger partial charge in [0.05, 0.1) is 13.5 Å². The summed E-state index contributed by atoms with van der Waals surface area (Å²) in [6.45, 7) is 4.57. The first-order valence-electron chi connectivity index (χ1n) is 6.47. The molecule has 104 valence electrons. The maximum atomic E-state index is 12.2. The van der Waals surface area contributed by atoms with Crippen LogP contribution in [0.1, 0.15) is 24.5 Å². The third kappa shape index (κ3) is 5.12. The molecule has 0 N–H and O–H groups in total. The Bertz CT molecular complexity index is 426. The van der Waals surface area contributed by atoms with E-state index in [1.54, 1.807) is 4.90 Å². The van der Waals surface area contributed by atoms with Gasteiger partial charge in [-0.3, -0.25) is 9.59 Å². The molecule has 1 rings (SSSR count). The topological polar surface area (TPSA) is 46.6 Å². The molecule has 0 aliphatic rings. The Kier molecular flexibility index (Phi) is 6.06. The lowest BCUT2D eigenvalue weighted by Gasteiger charge is -2.20. The van der Waals surface area contributed by atoms with E-state index < -0.39 is 0 Å². The van der Waals surface area contributed by atoms with Crippen molar-refractivity contribution in [2.24, 2.45) is 0 Å². The monoisotopic (exact) mass is 263 g/mol. The molecule has 0 heterocycles. The van der Waals surface area contributed by atoms with Crippen molar-refractivity contribution in [3.8, 4) is 0 Å². The zero-order chi connectivity index (χ0) is 14.3. The highest BCUT2D eigenvalue weighted by atomic mass is 16.5. The second-order valence-electron chi connectivity index (χ2n) is 4.55. The highest BCUT2D eigenvalue weighted by molar-refractivity contribution is 5.83. The summed E-state index contributed by atoms with van der Waals surface area (Å²) in [5.74, 6) is -0.429. The molecule has 1 aromatic rings. The van der Waals surface area contributed by atoms with E-state index in [2.05, 4.69) is 4.74 Å². The van der Waals surface area contributed by atoms with Crippen LogP contribution in [0.2, 0.25) is 0 Å². The summed E-state index contributed by atoms with van der Waals surface area (Å²) in [4.78, 5) is 25.0. The van der Waals surface area contributed by atoms with Gasteiger partial charge in [0.2, 0.25) is 5.91 Å². The van der Waals surface area contributed by atoms with Crippen molar-refractivity contribution in [3.05, 3.63) is 35.4 Å². The highest BCUT2D eigenvalue weighted by Crippen LogP contribution is 2.06. The number of hydrogen-bond acceptors (Lipinski definition) is 3. The van der Waals surface area contributed by atoms with E-state index in [9.17, 15) is 9.59 Å². The summed E-state index contributed by atoms with van der Waals surface area (Å²) >= 11 is 0. The number of ether oxygens (including phenoxy) is 1. The van der Waals surface area contributed by atoms with Crippen molar-refractivity contribution in [3.63, 3.8) is 0 Å². The van der Waals surface area contributed by atoms with Gasteiger partial charge in [-0.25, -0.2) is 0 Å². The van der Waals surface area contributed by atoms with E-state index in [0.29, 0.717) is 13.0 Å². The molecule has 1 amide bonds. The normalized spacial score (nSPS) is 10.1. The van der Waals surface area contributed by atoms with E-state index in [-0.39, 0.29) is 18.4 Å². The van der Waals surface area contributed by atoms with Crippen LogP contribution in [-0.4, -0.2) is 37.0 Å². The van der Waals surface area contributed by atoms with Crippen LogP contribution in [0.5, 0.6) is 0 Å². The van der Waals surface area contributed by atoms with Crippen LogP contribution in [0, 0.1) is 6.92 Å². The van der Waals surface area contributed by atoms with Crippen molar-refractivity contribution in [1.82, 2.24) is 4.90 Å². The zero-order valence-electron chi connectivity index (χ0n) is 11.8. The fraction of sp³-hybridized carbons (Fsp3) is 0.467. The molecule has 0 saturated carbocycles. The molecule has 0 fully saturated rings. The lowest BCUT2D eigenvalue weighted by molar-refractivity contribution is -0.146. The second kappa shape index (κ2) is 7.56. The van der Waals surface area contributed by atoms with E-state index in [0.717, 1.165) is 17.5 Å². The number of hydrogen-bond donors (Lipinski definition) is 0. The number of rotatable bonds is 6. The smallest absolute Gasteiger partial charge is 0.325 e. The standard InChI is InChI=1S/C15H21NO3/c1-4-9-16(11-15(18)19-3)14(17)10-13-7-5-12(2)6-8-13/h5-8H,4,9-11H2,1-3H3. The van der Waals surface area contributed by atoms with E-state index in [1.807, 2.05) is 38.1 Å². The Balaban J connectivity index is 2.65. The summed E-state index contributed by atoms with van der Waals surface area (Å²) in [7, 11) is 1.33. The SMILES string of the molecule is CCCN(CC(=O)OC)C(=O)Cc1ccc(C)cc1. The molecule has 0 unspecified atom stereocenters. The number of esters is 1. The molecule has 0 aliphatic carbocycles. The molecule has 0 atom stereocenters. The fourth-order valence-electron chi connectivity index (χ4n) is 1.77. The first-order chi connectivity index (χ1) is 9.06. The molecule has 0 spiro atoms. The maximum absolute atomic E-state index is 12.2. The Labute approximate surface area is 114 Å². The van der Waals surface area contributed by atoms with Crippen molar-refractivity contribution in [2.45, 2.75) is 26.7 Å². The lowest BCUT2D eigenvalue weighted by atomic mass is 10.1. The van der Waals surface area contributed by atoms with Crippen LogP contribution in [0.25, 0.3) is 0 Å². The van der Waals surface area contributed by atoms with Crippen molar-refractivity contribution in [1.29, 1.82) is 0 Å². The predicted octanol–water partition coefficient (Wildman–Crippen LogP) is 1.95. The summed E-state index contributed by atoms with van der Waals surface area (Å²) < 4.78 is 4.61. The molecular weight excluding hydrogens is 242 g/mol. The van der Waals surface area contributed by atoms with Crippen LogP contribution in [0.4, 0.5) is 0 Å². The zero-order valence-corrected chi connectivity index (χ0v) is 11.8. The Morgan fingerprint density at radius 3 is 2.37 bits per heavy atom. The Morgan fingerprint density at radius 1 is 1.21 bits per heavy atom. The summed E-state index contributed by atoms with van der Waals surface area (Å²) in [5.41, 5.74) is 2.12. The molecule has 4 heteroatoms. The van der Waals surface area contributed by atoms with E-state index >= 15 is 0 Å². The number of carbonyl (C=O) groups is 2. The molecule has 0 aromatic heterocycles. The first kappa shape index (κ1) is 15.2. The van der Waals surface area contributed by atoms with Crippen molar-refractivity contribution in [2.75, 3.05) is 20.2 Å². The largest absolute Gasteiger partial charge is 0.468 e. The van der Waals surface area contributed by atoms with Gasteiger partial charge in [-0.1, -0.05) is 36.8 Å². The van der Waals surface area contributed by atoms with Gasteiger partial charge in [-0.15, -0.1) is 0 Å². The van der Waals surface area contributed by atoms with Crippen LogP contribution < -0.4 is 0 Å². The van der Waals surface area contributed by atoms with E-state index in [1.165, 1.54) is 7.11 Å². The summed E-state index contributed by atoms with van der Waals surface area (Å²) in [6.07, 6.45) is 1.13. The minimum atomic E-state index is -0.384. The maximum Gasteiger partial charge on any atom is 0.325 e. The molecular formula is C15H21NO3. The van der Waals surface area contributed by atoms with Gasteiger partial charge in [-0.05, 0) is 18.9 Å². The number of methoxy groups -OCH3 is 1. The van der Waals surface area contributed by atoms with Gasteiger partial charge in [0.1, 0.15) is 6.54 Å². The highest BCUT2D eigenvalue weighted by Gasteiger charge is 2.16. The molecule has 0 bridgehead atoms. The fourth-order valence-corrected chi connectivity index (χ4v) is 1.77. The lowest BCUT2D eigenvalue weighted by Crippen LogP contribution is -2.37. The minimum Gasteiger partial charge on any atom is -0.468 e. The van der Waals surface area contributed by atoms with Gasteiger partial charge in [-0.2, -0.15) is 0 Å². The number of aryl methyl sites for hydroxylation is 1. The van der Waals surface area contributed by atoms with Crippen LogP contribution in [-0.2, 0) is 20.7 Å². The molecule has 0 saturated heterocycles. The van der Waals surface area contributed by atoms with Crippen LogP contribution in [0.3, 0.4) is 0 Å². The first-order valence-corrected chi connectivity index (χ1v) is 6.47. The van der Waals surface area contributed by atoms with E-state index in [4.69, 9.17) is 0 Å². The molecule has 19 heavy (non-hydrogen) atoms. The van der Waals surface area contributed by atoms with Gasteiger partial charge < -0.3 is 9.64 Å². The van der Waals surface area contributed by atoms with Gasteiger partial charge in [0, 0.05) is 6.54 Å². The third-order valence-corrected chi connectivity index (χ3v) is 2.87. The number of carbonyl (C=O) groups excluding carboxylic acids is 2. The summed E-state index contributed by atoms with van der Waals surface area (Å²) in [5, 5.41) is 0. The Morgan fingerprint density at radius 2 is 1.84 bits per heavy atom. The number of nitrogens with zero attached hydrogens (tertiary/aromatic N) is 1. The average molecular weight is 263 g/mol. The van der Waals surface area contributed by atoms with Crippen LogP contribution >= 0.6 is 0 Å². The number of benzene rings is 1. The quantitative estimate of drug-likeness (QED) is 0.737. The molecule has 4 nitrogen and oxygen atoms in total. The molecule has 0 aliphatic heterocycles. The van der Waals surface area contributed by atoms with Gasteiger partial charge in [0.25, 0.3) is 0 Å². The molecule has 1 aromatic carbocycles. The minimum absolute atomic E-state index is 0.0229. The Hall–Kier alpha value is -1.84. The van der Waals surface area contributed by atoms with Crippen molar-refractivity contribution < 1.29 is 14.3 Å². The third-order valence-electron chi connectivity index (χ3n) is 2.87. The second-order valence-corrected chi connectivity index (χ2v) is 4.55.